The minimum absolute atomic E-state index is 0.0848. The summed E-state index contributed by atoms with van der Waals surface area (Å²) < 4.78 is 26.3. The van der Waals surface area contributed by atoms with Gasteiger partial charge in [-0.1, -0.05) is 5.92 Å². The molecule has 0 aromatic carbocycles. The molecule has 0 radical (unpaired) electrons. The van der Waals surface area contributed by atoms with Gasteiger partial charge in [0.25, 0.3) is 0 Å². The maximum Gasteiger partial charge on any atom is 0.224 e. The lowest BCUT2D eigenvalue weighted by molar-refractivity contribution is -0.116. The largest absolute Gasteiger partial charge is 0.382 e. The summed E-state index contributed by atoms with van der Waals surface area (Å²) in [5.74, 6) is 2.34. The number of hydrogen-bond acceptors (Lipinski definition) is 7. The Kier molecular flexibility index (Phi) is 14.7. The molecule has 1 heterocycles. The monoisotopic (exact) mass is 394 g/mol. The van der Waals surface area contributed by atoms with Crippen LogP contribution in [0, 0.1) is 12.3 Å². The van der Waals surface area contributed by atoms with Crippen LogP contribution >= 0.6 is 0 Å². The molecule has 1 aromatic heterocycles. The van der Waals surface area contributed by atoms with Gasteiger partial charge in [-0.05, 0) is 18.6 Å². The smallest absolute Gasteiger partial charge is 0.224 e. The highest BCUT2D eigenvalue weighted by Gasteiger charge is 2.03. The standard InChI is InChI=1S/C20H30N2O6/c1-3-18-6-7-19(17-21-18)22-20(23)5-4-8-25-11-12-27-15-16-28-14-13-26-10-9-24-2/h1,6-7,17H,4-5,8-16H2,2H3,(H,22,23). The molecule has 8 nitrogen and oxygen atoms in total. The minimum atomic E-state index is -0.0848. The zero-order valence-electron chi connectivity index (χ0n) is 16.5. The summed E-state index contributed by atoms with van der Waals surface area (Å²) in [6, 6.07) is 3.41. The minimum Gasteiger partial charge on any atom is -0.382 e. The van der Waals surface area contributed by atoms with Crippen LogP contribution in [0.3, 0.4) is 0 Å². The van der Waals surface area contributed by atoms with Crippen molar-refractivity contribution in [2.75, 3.05) is 71.9 Å². The lowest BCUT2D eigenvalue weighted by Gasteiger charge is -2.08. The van der Waals surface area contributed by atoms with Crippen molar-refractivity contribution in [2.24, 2.45) is 0 Å². The zero-order chi connectivity index (χ0) is 20.3. The number of carbonyl (C=O) groups is 1. The highest BCUT2D eigenvalue weighted by atomic mass is 16.6. The SMILES string of the molecule is C#Cc1ccc(NC(=O)CCCOCCOCCOCCOCCOC)cn1. The third-order valence-corrected chi connectivity index (χ3v) is 3.44. The number of nitrogens with one attached hydrogen (secondary N) is 1. The van der Waals surface area contributed by atoms with Crippen LogP contribution < -0.4 is 5.32 Å². The number of terminal acetylenes is 1. The normalized spacial score (nSPS) is 10.6. The van der Waals surface area contributed by atoms with Gasteiger partial charge >= 0.3 is 0 Å². The number of anilines is 1. The van der Waals surface area contributed by atoms with Crippen LogP contribution in [0.4, 0.5) is 5.69 Å². The van der Waals surface area contributed by atoms with E-state index in [-0.39, 0.29) is 5.91 Å². The summed E-state index contributed by atoms with van der Waals surface area (Å²) in [7, 11) is 1.64. The van der Waals surface area contributed by atoms with Gasteiger partial charge in [-0.15, -0.1) is 6.42 Å². The van der Waals surface area contributed by atoms with E-state index < -0.39 is 0 Å². The molecule has 0 atom stereocenters. The fourth-order valence-corrected chi connectivity index (χ4v) is 2.02. The van der Waals surface area contributed by atoms with Gasteiger partial charge in [0.05, 0.1) is 64.7 Å². The van der Waals surface area contributed by atoms with E-state index in [1.165, 1.54) is 0 Å². The lowest BCUT2D eigenvalue weighted by Crippen LogP contribution is -2.14. The number of aromatic nitrogens is 1. The van der Waals surface area contributed by atoms with Crippen LogP contribution in [0.2, 0.25) is 0 Å². The molecule has 0 saturated carbocycles. The Labute approximate surface area is 166 Å². The first-order chi connectivity index (χ1) is 13.8. The van der Waals surface area contributed by atoms with E-state index in [0.717, 1.165) is 0 Å². The van der Waals surface area contributed by atoms with E-state index in [4.69, 9.17) is 30.1 Å². The third-order valence-electron chi connectivity index (χ3n) is 3.44. The summed E-state index contributed by atoms with van der Waals surface area (Å²) in [4.78, 5) is 15.8. The molecule has 0 aliphatic rings. The third kappa shape index (κ3) is 13.2. The maximum absolute atomic E-state index is 11.8. The Morgan fingerprint density at radius 3 is 2.04 bits per heavy atom. The maximum atomic E-state index is 11.8. The molecule has 0 bridgehead atoms. The molecule has 28 heavy (non-hydrogen) atoms. The predicted molar refractivity (Wildman–Crippen MR) is 105 cm³/mol. The van der Waals surface area contributed by atoms with Crippen molar-refractivity contribution in [3.05, 3.63) is 24.0 Å². The van der Waals surface area contributed by atoms with Crippen LogP contribution in [0.15, 0.2) is 18.3 Å². The molecule has 1 amide bonds. The lowest BCUT2D eigenvalue weighted by atomic mass is 10.3. The highest BCUT2D eigenvalue weighted by Crippen LogP contribution is 2.06. The van der Waals surface area contributed by atoms with Crippen molar-refractivity contribution in [3.8, 4) is 12.3 Å². The van der Waals surface area contributed by atoms with Crippen LogP contribution in [-0.2, 0) is 28.5 Å². The van der Waals surface area contributed by atoms with E-state index in [1.807, 2.05) is 0 Å². The molecule has 0 aliphatic heterocycles. The van der Waals surface area contributed by atoms with E-state index >= 15 is 0 Å². The molecule has 0 aliphatic carbocycles. The zero-order valence-corrected chi connectivity index (χ0v) is 16.5. The van der Waals surface area contributed by atoms with Gasteiger partial charge in [-0.25, -0.2) is 4.98 Å². The molecule has 156 valence electrons. The van der Waals surface area contributed by atoms with Gasteiger partial charge in [0.1, 0.15) is 5.69 Å². The summed E-state index contributed by atoms with van der Waals surface area (Å²) in [5, 5.41) is 2.76. The van der Waals surface area contributed by atoms with Crippen molar-refractivity contribution in [1.82, 2.24) is 4.98 Å². The summed E-state index contributed by atoms with van der Waals surface area (Å²) >= 11 is 0. The van der Waals surface area contributed by atoms with Crippen molar-refractivity contribution < 1.29 is 28.5 Å². The van der Waals surface area contributed by atoms with Gasteiger partial charge in [-0.2, -0.15) is 0 Å². The molecule has 0 spiro atoms. The summed E-state index contributed by atoms with van der Waals surface area (Å²) in [6.07, 6.45) is 7.78. The number of pyridine rings is 1. The highest BCUT2D eigenvalue weighted by molar-refractivity contribution is 5.90. The van der Waals surface area contributed by atoms with Gasteiger partial charge < -0.3 is 29.0 Å². The van der Waals surface area contributed by atoms with Crippen molar-refractivity contribution in [2.45, 2.75) is 12.8 Å². The molecule has 1 aromatic rings. The average Bonchev–Trinajstić information content (AvgIpc) is 2.71. The number of hydrogen-bond donors (Lipinski definition) is 1. The van der Waals surface area contributed by atoms with E-state index in [2.05, 4.69) is 16.2 Å². The summed E-state index contributed by atoms with van der Waals surface area (Å²) in [6.45, 7) is 4.76. The molecule has 0 unspecified atom stereocenters. The Morgan fingerprint density at radius 1 is 0.964 bits per heavy atom. The number of carbonyl (C=O) groups excluding carboxylic acids is 1. The number of nitrogens with zero attached hydrogens (tertiary/aromatic N) is 1. The fourth-order valence-electron chi connectivity index (χ4n) is 2.02. The number of ether oxygens (including phenoxy) is 5. The van der Waals surface area contributed by atoms with Crippen molar-refractivity contribution in [1.29, 1.82) is 0 Å². The topological polar surface area (TPSA) is 88.1 Å². The first kappa shape index (κ1) is 24.0. The Bertz CT molecular complexity index is 559. The number of methoxy groups -OCH3 is 1. The quantitative estimate of drug-likeness (QED) is 0.316. The fraction of sp³-hybridized carbons (Fsp3) is 0.600. The molecule has 8 heteroatoms. The molecule has 0 saturated heterocycles. The summed E-state index contributed by atoms with van der Waals surface area (Å²) in [5.41, 5.74) is 1.16. The molecular weight excluding hydrogens is 364 g/mol. The van der Waals surface area contributed by atoms with E-state index in [0.29, 0.717) is 83.7 Å². The Balaban J connectivity index is 1.84. The van der Waals surface area contributed by atoms with Crippen LogP contribution in [0.25, 0.3) is 0 Å². The van der Waals surface area contributed by atoms with E-state index in [1.54, 1.807) is 25.4 Å². The van der Waals surface area contributed by atoms with Gasteiger partial charge in [0.2, 0.25) is 5.91 Å². The van der Waals surface area contributed by atoms with E-state index in [9.17, 15) is 4.79 Å². The Hall–Kier alpha value is -2.02. The van der Waals surface area contributed by atoms with Gasteiger partial charge in [-0.3, -0.25) is 4.79 Å². The van der Waals surface area contributed by atoms with Crippen LogP contribution in [-0.4, -0.2) is 77.5 Å². The molecular formula is C20H30N2O6. The van der Waals surface area contributed by atoms with Crippen molar-refractivity contribution >= 4 is 11.6 Å². The number of amides is 1. The van der Waals surface area contributed by atoms with Crippen molar-refractivity contribution in [3.63, 3.8) is 0 Å². The molecule has 1 N–H and O–H groups in total. The van der Waals surface area contributed by atoms with Crippen LogP contribution in [0.1, 0.15) is 18.5 Å². The van der Waals surface area contributed by atoms with Crippen LogP contribution in [0.5, 0.6) is 0 Å². The number of rotatable bonds is 17. The molecule has 1 rings (SSSR count). The molecule has 0 fully saturated rings. The average molecular weight is 394 g/mol. The first-order valence-corrected chi connectivity index (χ1v) is 9.28. The second kappa shape index (κ2) is 17.1. The van der Waals surface area contributed by atoms with Gasteiger partial charge in [0, 0.05) is 20.1 Å². The second-order valence-corrected chi connectivity index (χ2v) is 5.67. The second-order valence-electron chi connectivity index (χ2n) is 5.67. The first-order valence-electron chi connectivity index (χ1n) is 9.28. The Morgan fingerprint density at radius 2 is 1.54 bits per heavy atom. The predicted octanol–water partition coefficient (Wildman–Crippen LogP) is 1.49. The van der Waals surface area contributed by atoms with Gasteiger partial charge in [0.15, 0.2) is 0 Å².